The molecule has 1 aliphatic carbocycles. The van der Waals surface area contributed by atoms with Gasteiger partial charge in [0.1, 0.15) is 6.54 Å². The number of amides is 2. The molecule has 2 aromatic rings. The SMILES string of the molecule is Cn1c(C(=O)N2CCN(C3CCC(O[Si](C)(C)C(C)(C)C)CC3)C(=O)C2)nc2cc(C(C)(C)C)cc(Br)c21. The summed E-state index contributed by atoms with van der Waals surface area (Å²) in [4.78, 5) is 35.1. The molecule has 1 aromatic heterocycles. The molecule has 0 spiro atoms. The van der Waals surface area contributed by atoms with Crippen LogP contribution in [0.5, 0.6) is 0 Å². The van der Waals surface area contributed by atoms with Crippen molar-refractivity contribution in [2.45, 2.75) is 103 Å². The van der Waals surface area contributed by atoms with Crippen molar-refractivity contribution in [2.24, 2.45) is 7.05 Å². The van der Waals surface area contributed by atoms with Gasteiger partial charge in [0, 0.05) is 36.8 Å². The Morgan fingerprint density at radius 1 is 1.05 bits per heavy atom. The van der Waals surface area contributed by atoms with Gasteiger partial charge in [-0.2, -0.15) is 0 Å². The van der Waals surface area contributed by atoms with Gasteiger partial charge in [-0.25, -0.2) is 4.98 Å². The van der Waals surface area contributed by atoms with Crippen molar-refractivity contribution >= 4 is 47.1 Å². The van der Waals surface area contributed by atoms with Crippen LogP contribution in [0.1, 0.15) is 83.4 Å². The summed E-state index contributed by atoms with van der Waals surface area (Å²) in [5, 5.41) is 0.201. The van der Waals surface area contributed by atoms with E-state index in [1.165, 1.54) is 0 Å². The maximum Gasteiger partial charge on any atom is 0.290 e. The first-order valence-electron chi connectivity index (χ1n) is 13.9. The fourth-order valence-electron chi connectivity index (χ4n) is 5.38. The summed E-state index contributed by atoms with van der Waals surface area (Å²) in [6.45, 7) is 19.2. The van der Waals surface area contributed by atoms with E-state index in [0.717, 1.165) is 46.8 Å². The fraction of sp³-hybridized carbons (Fsp3) is 0.690. The molecule has 2 heterocycles. The van der Waals surface area contributed by atoms with E-state index in [2.05, 4.69) is 82.7 Å². The summed E-state index contributed by atoms with van der Waals surface area (Å²) in [5.41, 5.74) is 2.80. The highest BCUT2D eigenvalue weighted by Gasteiger charge is 2.41. The summed E-state index contributed by atoms with van der Waals surface area (Å²) in [6.07, 6.45) is 4.21. The van der Waals surface area contributed by atoms with Gasteiger partial charge in [-0.3, -0.25) is 9.59 Å². The lowest BCUT2D eigenvalue weighted by molar-refractivity contribution is -0.138. The third-order valence-electron chi connectivity index (χ3n) is 8.88. The molecule has 9 heteroatoms. The van der Waals surface area contributed by atoms with Crippen LogP contribution in [0.25, 0.3) is 11.0 Å². The van der Waals surface area contributed by atoms with Gasteiger partial charge in [-0.15, -0.1) is 0 Å². The van der Waals surface area contributed by atoms with Crippen molar-refractivity contribution in [3.05, 3.63) is 28.0 Å². The summed E-state index contributed by atoms with van der Waals surface area (Å²) < 4.78 is 9.40. The van der Waals surface area contributed by atoms with Gasteiger partial charge in [-0.1, -0.05) is 41.5 Å². The highest BCUT2D eigenvalue weighted by atomic mass is 79.9. The molecule has 1 aromatic carbocycles. The predicted octanol–water partition coefficient (Wildman–Crippen LogP) is 6.25. The minimum absolute atomic E-state index is 0.0306. The molecule has 0 unspecified atom stereocenters. The van der Waals surface area contributed by atoms with Gasteiger partial charge in [0.25, 0.3) is 5.91 Å². The Kier molecular flexibility index (Phi) is 7.98. The first-order chi connectivity index (χ1) is 17.5. The Morgan fingerprint density at radius 3 is 2.24 bits per heavy atom. The molecule has 0 atom stereocenters. The van der Waals surface area contributed by atoms with Crippen LogP contribution in [0, 0.1) is 0 Å². The highest BCUT2D eigenvalue weighted by molar-refractivity contribution is 9.10. The standard InChI is InChI=1S/C29H45BrN4O3Si/c1-28(2,3)19-16-22(30)25-23(17-19)31-26(32(25)7)27(36)33-14-15-34(24(35)18-33)20-10-12-21(13-11-20)37-38(8,9)29(4,5)6/h16-17,20-21H,10-15,18H2,1-9H3. The third kappa shape index (κ3) is 5.75. The van der Waals surface area contributed by atoms with Gasteiger partial charge >= 0.3 is 0 Å². The molecule has 2 fully saturated rings. The zero-order valence-corrected chi connectivity index (χ0v) is 27.2. The lowest BCUT2D eigenvalue weighted by Crippen LogP contribution is -2.56. The number of hydrogen-bond donors (Lipinski definition) is 0. The number of carbonyl (C=O) groups is 2. The monoisotopic (exact) mass is 604 g/mol. The first-order valence-corrected chi connectivity index (χ1v) is 17.6. The lowest BCUT2D eigenvalue weighted by atomic mass is 9.87. The van der Waals surface area contributed by atoms with E-state index in [-0.39, 0.29) is 34.9 Å². The van der Waals surface area contributed by atoms with E-state index < -0.39 is 8.32 Å². The quantitative estimate of drug-likeness (QED) is 0.387. The van der Waals surface area contributed by atoms with Crippen LogP contribution in [-0.4, -0.2) is 71.3 Å². The van der Waals surface area contributed by atoms with Crippen LogP contribution in [0.4, 0.5) is 0 Å². The predicted molar refractivity (Wildman–Crippen MR) is 159 cm³/mol. The summed E-state index contributed by atoms with van der Waals surface area (Å²) in [6, 6.07) is 4.40. The van der Waals surface area contributed by atoms with Crippen LogP contribution >= 0.6 is 15.9 Å². The van der Waals surface area contributed by atoms with Crippen molar-refractivity contribution in [3.8, 4) is 0 Å². The van der Waals surface area contributed by atoms with Crippen LogP contribution in [-0.2, 0) is 21.7 Å². The molecule has 2 amide bonds. The lowest BCUT2D eigenvalue weighted by Gasteiger charge is -2.44. The first kappa shape index (κ1) is 29.3. The Hall–Kier alpha value is -1.71. The van der Waals surface area contributed by atoms with Gasteiger partial charge < -0.3 is 18.8 Å². The van der Waals surface area contributed by atoms with Gasteiger partial charge in [-0.05, 0) is 82.9 Å². The number of fused-ring (bicyclic) bond motifs is 1. The number of hydrogen-bond acceptors (Lipinski definition) is 4. The number of halogens is 1. The van der Waals surface area contributed by atoms with E-state index in [4.69, 9.17) is 9.41 Å². The molecule has 38 heavy (non-hydrogen) atoms. The molecule has 4 rings (SSSR count). The Balaban J connectivity index is 1.40. The number of aryl methyl sites for hydroxylation is 1. The topological polar surface area (TPSA) is 67.7 Å². The van der Waals surface area contributed by atoms with E-state index in [1.54, 1.807) is 4.90 Å². The second kappa shape index (κ2) is 10.4. The van der Waals surface area contributed by atoms with Crippen molar-refractivity contribution in [1.29, 1.82) is 0 Å². The third-order valence-corrected chi connectivity index (χ3v) is 14.0. The Morgan fingerprint density at radius 2 is 1.68 bits per heavy atom. The van der Waals surface area contributed by atoms with E-state index in [9.17, 15) is 9.59 Å². The fourth-order valence-corrected chi connectivity index (χ4v) is 7.51. The Bertz CT molecular complexity index is 1220. The number of aromatic nitrogens is 2. The molecule has 0 bridgehead atoms. The van der Waals surface area contributed by atoms with Gasteiger partial charge in [0.2, 0.25) is 5.91 Å². The zero-order valence-electron chi connectivity index (χ0n) is 24.7. The average Bonchev–Trinajstić information content (AvgIpc) is 3.14. The van der Waals surface area contributed by atoms with Crippen LogP contribution in [0.3, 0.4) is 0 Å². The number of nitrogens with zero attached hydrogens (tertiary/aromatic N) is 4. The molecule has 7 nitrogen and oxygen atoms in total. The van der Waals surface area contributed by atoms with E-state index >= 15 is 0 Å². The molecule has 0 radical (unpaired) electrons. The van der Waals surface area contributed by atoms with Crippen molar-refractivity contribution in [3.63, 3.8) is 0 Å². The zero-order chi connectivity index (χ0) is 28.2. The molecule has 210 valence electrons. The number of imidazole rings is 1. The Labute approximate surface area is 237 Å². The molecule has 1 aliphatic heterocycles. The van der Waals surface area contributed by atoms with Crippen molar-refractivity contribution in [2.75, 3.05) is 19.6 Å². The summed E-state index contributed by atoms with van der Waals surface area (Å²) >= 11 is 3.69. The molecular formula is C29H45BrN4O3Si. The molecule has 2 aliphatic rings. The molecule has 1 saturated heterocycles. The van der Waals surface area contributed by atoms with Crippen molar-refractivity contribution < 1.29 is 14.0 Å². The average molecular weight is 606 g/mol. The number of rotatable bonds is 4. The molecule has 0 N–H and O–H groups in total. The van der Waals surface area contributed by atoms with Crippen molar-refractivity contribution in [1.82, 2.24) is 19.4 Å². The highest BCUT2D eigenvalue weighted by Crippen LogP contribution is 2.39. The molecular weight excluding hydrogens is 560 g/mol. The number of piperazine rings is 1. The van der Waals surface area contributed by atoms with Gasteiger partial charge in [0.05, 0.1) is 11.0 Å². The van der Waals surface area contributed by atoms with Gasteiger partial charge in [0.15, 0.2) is 14.1 Å². The summed E-state index contributed by atoms with van der Waals surface area (Å²) in [7, 11) is 0.0771. The second-order valence-electron chi connectivity index (χ2n) is 13.7. The normalized spacial score (nSPS) is 21.9. The van der Waals surface area contributed by atoms with Crippen LogP contribution < -0.4 is 0 Å². The minimum Gasteiger partial charge on any atom is -0.414 e. The number of benzene rings is 1. The largest absolute Gasteiger partial charge is 0.414 e. The van der Waals surface area contributed by atoms with Crippen LogP contribution in [0.2, 0.25) is 18.1 Å². The van der Waals surface area contributed by atoms with E-state index in [0.29, 0.717) is 25.0 Å². The smallest absolute Gasteiger partial charge is 0.290 e. The molecule has 1 saturated carbocycles. The van der Waals surface area contributed by atoms with Crippen LogP contribution in [0.15, 0.2) is 16.6 Å². The second-order valence-corrected chi connectivity index (χ2v) is 19.3. The summed E-state index contributed by atoms with van der Waals surface area (Å²) in [5.74, 6) is 0.219. The van der Waals surface area contributed by atoms with E-state index in [1.807, 2.05) is 16.5 Å². The minimum atomic E-state index is -1.79. The maximum absolute atomic E-state index is 13.5. The maximum atomic E-state index is 13.5. The number of carbonyl (C=O) groups excluding carboxylic acids is 2.